The van der Waals surface area contributed by atoms with Crippen LogP contribution < -0.4 is 5.32 Å². The Morgan fingerprint density at radius 3 is 2.77 bits per heavy atom. The third kappa shape index (κ3) is 3.28. The molecule has 1 fully saturated rings. The largest absolute Gasteiger partial charge is 0.459 e. The summed E-state index contributed by atoms with van der Waals surface area (Å²) in [6.45, 7) is 1.91. The van der Waals surface area contributed by atoms with Crippen LogP contribution in [0.25, 0.3) is 11.0 Å². The Bertz CT molecular complexity index is 674. The van der Waals surface area contributed by atoms with E-state index in [0.717, 1.165) is 29.6 Å². The number of aliphatic hydroxyl groups excluding tert-OH is 1. The molecule has 1 amide bonds. The molecule has 0 saturated heterocycles. The standard InChI is InChI=1S/C17H20ClNO3/c1-10(19-17(21)11-2-5-14(20)6-3-11)16-9-12-8-13(18)4-7-15(12)22-16/h4,7-11,14,20H,2-3,5-6H2,1H3,(H,19,21)/t10-,11?,14?/m1/s1. The summed E-state index contributed by atoms with van der Waals surface area (Å²) in [5.74, 6) is 0.754. The van der Waals surface area contributed by atoms with E-state index in [2.05, 4.69) is 5.32 Å². The molecule has 0 bridgehead atoms. The van der Waals surface area contributed by atoms with E-state index in [1.165, 1.54) is 0 Å². The molecule has 0 spiro atoms. The predicted molar refractivity (Wildman–Crippen MR) is 85.7 cm³/mol. The second-order valence-corrected chi connectivity index (χ2v) is 6.50. The van der Waals surface area contributed by atoms with Crippen LogP contribution >= 0.6 is 11.6 Å². The number of furan rings is 1. The van der Waals surface area contributed by atoms with Gasteiger partial charge in [-0.3, -0.25) is 4.79 Å². The van der Waals surface area contributed by atoms with Gasteiger partial charge in [0.1, 0.15) is 11.3 Å². The summed E-state index contributed by atoms with van der Waals surface area (Å²) < 4.78 is 5.78. The van der Waals surface area contributed by atoms with Crippen molar-refractivity contribution < 1.29 is 14.3 Å². The Hall–Kier alpha value is -1.52. The molecule has 0 radical (unpaired) electrons. The van der Waals surface area contributed by atoms with Crippen molar-refractivity contribution in [2.24, 2.45) is 5.92 Å². The first-order valence-electron chi connectivity index (χ1n) is 7.70. The molecule has 1 aliphatic rings. The van der Waals surface area contributed by atoms with E-state index in [1.54, 1.807) is 6.07 Å². The maximum absolute atomic E-state index is 12.3. The van der Waals surface area contributed by atoms with Gasteiger partial charge in [-0.15, -0.1) is 0 Å². The number of rotatable bonds is 3. The number of fused-ring (bicyclic) bond motifs is 1. The van der Waals surface area contributed by atoms with E-state index in [-0.39, 0.29) is 24.0 Å². The Morgan fingerprint density at radius 2 is 2.05 bits per heavy atom. The first-order valence-corrected chi connectivity index (χ1v) is 8.08. The van der Waals surface area contributed by atoms with Crippen molar-refractivity contribution in [2.45, 2.75) is 44.8 Å². The number of amides is 1. The fourth-order valence-electron chi connectivity index (χ4n) is 2.99. The molecular weight excluding hydrogens is 302 g/mol. The highest BCUT2D eigenvalue weighted by Gasteiger charge is 2.26. The second-order valence-electron chi connectivity index (χ2n) is 6.07. The van der Waals surface area contributed by atoms with Crippen molar-refractivity contribution in [2.75, 3.05) is 0 Å². The van der Waals surface area contributed by atoms with Crippen LogP contribution in [0.5, 0.6) is 0 Å². The summed E-state index contributed by atoms with van der Waals surface area (Å²) in [6.07, 6.45) is 2.65. The minimum absolute atomic E-state index is 0.00956. The molecule has 3 rings (SSSR count). The maximum Gasteiger partial charge on any atom is 0.223 e. The van der Waals surface area contributed by atoms with Crippen molar-refractivity contribution in [3.8, 4) is 0 Å². The predicted octanol–water partition coefficient (Wildman–Crippen LogP) is 3.81. The molecule has 1 aromatic heterocycles. The molecule has 0 unspecified atom stereocenters. The highest BCUT2D eigenvalue weighted by atomic mass is 35.5. The summed E-state index contributed by atoms with van der Waals surface area (Å²) in [5.41, 5.74) is 0.765. The average molecular weight is 322 g/mol. The normalized spacial score (nSPS) is 23.4. The fraction of sp³-hybridized carbons (Fsp3) is 0.471. The zero-order chi connectivity index (χ0) is 15.7. The first kappa shape index (κ1) is 15.4. The Balaban J connectivity index is 1.67. The van der Waals surface area contributed by atoms with Gasteiger partial charge in [-0.1, -0.05) is 11.6 Å². The highest BCUT2D eigenvalue weighted by molar-refractivity contribution is 6.31. The lowest BCUT2D eigenvalue weighted by molar-refractivity contribution is -0.127. The monoisotopic (exact) mass is 321 g/mol. The van der Waals surface area contributed by atoms with E-state index in [9.17, 15) is 9.90 Å². The molecule has 1 aromatic carbocycles. The van der Waals surface area contributed by atoms with Crippen LogP contribution in [0.2, 0.25) is 5.02 Å². The van der Waals surface area contributed by atoms with E-state index < -0.39 is 0 Å². The summed E-state index contributed by atoms with van der Waals surface area (Å²) in [6, 6.07) is 7.19. The Kier molecular flexibility index (Phi) is 4.41. The van der Waals surface area contributed by atoms with Crippen LogP contribution in [0, 0.1) is 5.92 Å². The summed E-state index contributed by atoms with van der Waals surface area (Å²) >= 11 is 5.97. The topological polar surface area (TPSA) is 62.5 Å². The molecule has 1 saturated carbocycles. The molecule has 1 aliphatic carbocycles. The van der Waals surface area contributed by atoms with Crippen molar-refractivity contribution in [1.82, 2.24) is 5.32 Å². The number of aliphatic hydroxyl groups is 1. The van der Waals surface area contributed by atoms with Crippen LogP contribution in [0.1, 0.15) is 44.4 Å². The summed E-state index contributed by atoms with van der Waals surface area (Å²) in [4.78, 5) is 12.3. The quantitative estimate of drug-likeness (QED) is 0.903. The van der Waals surface area contributed by atoms with E-state index in [0.29, 0.717) is 17.9 Å². The molecule has 2 aromatic rings. The number of halogens is 1. The van der Waals surface area contributed by atoms with Gasteiger partial charge in [0.25, 0.3) is 0 Å². The summed E-state index contributed by atoms with van der Waals surface area (Å²) in [5, 5.41) is 14.1. The van der Waals surface area contributed by atoms with E-state index in [4.69, 9.17) is 16.0 Å². The first-order chi connectivity index (χ1) is 10.5. The molecule has 1 heterocycles. The molecule has 2 N–H and O–H groups in total. The number of nitrogens with one attached hydrogen (secondary N) is 1. The molecule has 1 atom stereocenters. The third-order valence-corrected chi connectivity index (χ3v) is 4.59. The maximum atomic E-state index is 12.3. The average Bonchev–Trinajstić information content (AvgIpc) is 2.91. The lowest BCUT2D eigenvalue weighted by Gasteiger charge is -2.25. The summed E-state index contributed by atoms with van der Waals surface area (Å²) in [7, 11) is 0. The zero-order valence-electron chi connectivity index (χ0n) is 12.5. The molecular formula is C17H20ClNO3. The minimum atomic E-state index is -0.249. The molecule has 22 heavy (non-hydrogen) atoms. The van der Waals surface area contributed by atoms with E-state index >= 15 is 0 Å². The molecule has 118 valence electrons. The van der Waals surface area contributed by atoms with Gasteiger partial charge in [0, 0.05) is 16.3 Å². The van der Waals surface area contributed by atoms with Gasteiger partial charge in [-0.05, 0) is 56.9 Å². The van der Waals surface area contributed by atoms with Gasteiger partial charge in [0.05, 0.1) is 12.1 Å². The number of hydrogen-bond donors (Lipinski definition) is 2. The minimum Gasteiger partial charge on any atom is -0.459 e. The number of carbonyl (C=O) groups excluding carboxylic acids is 1. The highest BCUT2D eigenvalue weighted by Crippen LogP contribution is 2.28. The number of hydrogen-bond acceptors (Lipinski definition) is 3. The van der Waals surface area contributed by atoms with Gasteiger partial charge in [0.2, 0.25) is 5.91 Å². The van der Waals surface area contributed by atoms with Crippen LogP contribution in [0.4, 0.5) is 0 Å². The molecule has 4 nitrogen and oxygen atoms in total. The Morgan fingerprint density at radius 1 is 1.32 bits per heavy atom. The van der Waals surface area contributed by atoms with Crippen molar-refractivity contribution >= 4 is 28.5 Å². The van der Waals surface area contributed by atoms with Gasteiger partial charge in [-0.25, -0.2) is 0 Å². The second kappa shape index (κ2) is 6.31. The lowest BCUT2D eigenvalue weighted by atomic mass is 9.87. The van der Waals surface area contributed by atoms with Crippen molar-refractivity contribution in [1.29, 1.82) is 0 Å². The fourth-order valence-corrected chi connectivity index (χ4v) is 3.17. The molecule has 0 aliphatic heterocycles. The van der Waals surface area contributed by atoms with Crippen LogP contribution in [-0.2, 0) is 4.79 Å². The third-order valence-electron chi connectivity index (χ3n) is 4.35. The smallest absolute Gasteiger partial charge is 0.223 e. The number of benzene rings is 1. The SMILES string of the molecule is C[C@@H](NC(=O)C1CCC(O)CC1)c1cc2cc(Cl)ccc2o1. The van der Waals surface area contributed by atoms with Crippen molar-refractivity contribution in [3.63, 3.8) is 0 Å². The zero-order valence-corrected chi connectivity index (χ0v) is 13.3. The lowest BCUT2D eigenvalue weighted by Crippen LogP contribution is -2.35. The van der Waals surface area contributed by atoms with E-state index in [1.807, 2.05) is 25.1 Å². The van der Waals surface area contributed by atoms with Crippen LogP contribution in [0.3, 0.4) is 0 Å². The number of carbonyl (C=O) groups is 1. The van der Waals surface area contributed by atoms with Gasteiger partial charge in [-0.2, -0.15) is 0 Å². The Labute approximate surface area is 134 Å². The van der Waals surface area contributed by atoms with Gasteiger partial charge < -0.3 is 14.8 Å². The van der Waals surface area contributed by atoms with Crippen LogP contribution in [-0.4, -0.2) is 17.1 Å². The van der Waals surface area contributed by atoms with Gasteiger partial charge in [0.15, 0.2) is 0 Å². The molecule has 5 heteroatoms. The van der Waals surface area contributed by atoms with Crippen LogP contribution in [0.15, 0.2) is 28.7 Å². The van der Waals surface area contributed by atoms with Crippen molar-refractivity contribution in [3.05, 3.63) is 35.0 Å². The van der Waals surface area contributed by atoms with Gasteiger partial charge >= 0.3 is 0 Å².